The van der Waals surface area contributed by atoms with Crippen molar-refractivity contribution in [2.75, 3.05) is 13.7 Å². The van der Waals surface area contributed by atoms with Crippen LogP contribution in [-0.2, 0) is 0 Å². The number of ether oxygens (including phenoxy) is 2. The summed E-state index contributed by atoms with van der Waals surface area (Å²) in [6.07, 6.45) is 3.81. The molecule has 6 heteroatoms. The molecule has 2 rings (SSSR count). The van der Waals surface area contributed by atoms with Crippen LogP contribution in [0.5, 0.6) is 11.5 Å². The summed E-state index contributed by atoms with van der Waals surface area (Å²) in [7, 11) is 1.59. The Kier molecular flexibility index (Phi) is 7.98. The second-order valence-corrected chi connectivity index (χ2v) is 5.33. The van der Waals surface area contributed by atoms with Crippen LogP contribution in [0.3, 0.4) is 0 Å². The average molecular weight is 330 g/mol. The molecule has 128 valence electrons. The number of carbonyl (C=O) groups is 2. The number of primary amides is 1. The van der Waals surface area contributed by atoms with E-state index in [0.29, 0.717) is 35.2 Å². The molecule has 0 atom stereocenters. The van der Waals surface area contributed by atoms with Crippen molar-refractivity contribution in [2.24, 2.45) is 11.7 Å². The lowest BCUT2D eigenvalue weighted by atomic mass is 10.2. The van der Waals surface area contributed by atoms with Gasteiger partial charge in [-0.25, -0.2) is 0 Å². The van der Waals surface area contributed by atoms with E-state index in [-0.39, 0.29) is 0 Å². The summed E-state index contributed by atoms with van der Waals surface area (Å²) in [4.78, 5) is 24.8. The molecule has 0 aliphatic rings. The summed E-state index contributed by atoms with van der Waals surface area (Å²) in [6.45, 7) is 4.70. The standard InChI is InChI=1S/C12H16O3.C6H6N2O/c1-9(2)8-15-12-6-11(14-3)5-4-10(12)7-13;7-6(9)5-2-1-3-8-4-5/h4-7,9H,8H2,1-3H3;1-4H,(H2,7,9). The predicted molar refractivity (Wildman–Crippen MR) is 91.5 cm³/mol. The van der Waals surface area contributed by atoms with Gasteiger partial charge in [0.05, 0.1) is 24.8 Å². The van der Waals surface area contributed by atoms with Crippen LogP contribution in [0.4, 0.5) is 0 Å². The minimum absolute atomic E-state index is 0.427. The van der Waals surface area contributed by atoms with E-state index in [1.807, 2.05) is 0 Å². The monoisotopic (exact) mass is 330 g/mol. The van der Waals surface area contributed by atoms with Crippen molar-refractivity contribution < 1.29 is 19.1 Å². The maximum Gasteiger partial charge on any atom is 0.250 e. The molecule has 1 amide bonds. The van der Waals surface area contributed by atoms with Crippen LogP contribution in [0.2, 0.25) is 0 Å². The molecular formula is C18H22N2O4. The molecule has 1 heterocycles. The second kappa shape index (κ2) is 9.99. The third-order valence-corrected chi connectivity index (χ3v) is 2.87. The Morgan fingerprint density at radius 2 is 2.08 bits per heavy atom. The molecule has 2 aromatic rings. The van der Waals surface area contributed by atoms with Gasteiger partial charge in [0.1, 0.15) is 11.5 Å². The van der Waals surface area contributed by atoms with Crippen molar-refractivity contribution in [2.45, 2.75) is 13.8 Å². The van der Waals surface area contributed by atoms with Crippen LogP contribution in [0.25, 0.3) is 0 Å². The fraction of sp³-hybridized carbons (Fsp3) is 0.278. The molecule has 0 radical (unpaired) electrons. The summed E-state index contributed by atoms with van der Waals surface area (Å²) in [6, 6.07) is 8.45. The van der Waals surface area contributed by atoms with E-state index in [4.69, 9.17) is 15.2 Å². The summed E-state index contributed by atoms with van der Waals surface area (Å²) in [5, 5.41) is 0. The first-order chi connectivity index (χ1) is 11.5. The normalized spacial score (nSPS) is 9.67. The Labute approximate surface area is 141 Å². The van der Waals surface area contributed by atoms with Crippen LogP contribution in [-0.4, -0.2) is 30.9 Å². The summed E-state index contributed by atoms with van der Waals surface area (Å²) in [5.41, 5.74) is 5.93. The van der Waals surface area contributed by atoms with Gasteiger partial charge < -0.3 is 15.2 Å². The topological polar surface area (TPSA) is 91.5 Å². The number of hydrogen-bond donors (Lipinski definition) is 1. The first-order valence-electron chi connectivity index (χ1n) is 7.43. The minimum Gasteiger partial charge on any atom is -0.497 e. The Balaban J connectivity index is 0.000000272. The van der Waals surface area contributed by atoms with Crippen molar-refractivity contribution in [3.63, 3.8) is 0 Å². The van der Waals surface area contributed by atoms with E-state index >= 15 is 0 Å². The number of benzene rings is 1. The highest BCUT2D eigenvalue weighted by Crippen LogP contribution is 2.23. The number of pyridine rings is 1. The lowest BCUT2D eigenvalue weighted by Crippen LogP contribution is -2.10. The van der Waals surface area contributed by atoms with Crippen LogP contribution in [0.1, 0.15) is 34.6 Å². The lowest BCUT2D eigenvalue weighted by molar-refractivity contribution is 0.0999. The smallest absolute Gasteiger partial charge is 0.250 e. The summed E-state index contributed by atoms with van der Waals surface area (Å²) >= 11 is 0. The van der Waals surface area contributed by atoms with E-state index in [2.05, 4.69) is 18.8 Å². The molecule has 24 heavy (non-hydrogen) atoms. The van der Waals surface area contributed by atoms with E-state index in [1.54, 1.807) is 43.6 Å². The first-order valence-corrected chi connectivity index (χ1v) is 7.43. The van der Waals surface area contributed by atoms with Crippen LogP contribution in [0, 0.1) is 5.92 Å². The van der Waals surface area contributed by atoms with Gasteiger partial charge in [-0.1, -0.05) is 13.8 Å². The van der Waals surface area contributed by atoms with Gasteiger partial charge in [0, 0.05) is 18.5 Å². The SMILES string of the molecule is COc1ccc(C=O)c(OCC(C)C)c1.NC(=O)c1cccnc1. The molecule has 6 nitrogen and oxygen atoms in total. The van der Waals surface area contributed by atoms with Crippen LogP contribution >= 0.6 is 0 Å². The van der Waals surface area contributed by atoms with Crippen molar-refractivity contribution in [1.82, 2.24) is 4.98 Å². The average Bonchev–Trinajstić information content (AvgIpc) is 2.60. The third kappa shape index (κ3) is 6.48. The zero-order valence-corrected chi connectivity index (χ0v) is 14.1. The van der Waals surface area contributed by atoms with Crippen molar-refractivity contribution in [3.8, 4) is 11.5 Å². The van der Waals surface area contributed by atoms with Crippen molar-refractivity contribution >= 4 is 12.2 Å². The lowest BCUT2D eigenvalue weighted by Gasteiger charge is -2.11. The molecule has 0 fully saturated rings. The van der Waals surface area contributed by atoms with Gasteiger partial charge in [0.15, 0.2) is 6.29 Å². The molecule has 1 aromatic carbocycles. The zero-order chi connectivity index (χ0) is 17.9. The number of rotatable bonds is 6. The van der Waals surface area contributed by atoms with Crippen LogP contribution < -0.4 is 15.2 Å². The molecule has 2 N–H and O–H groups in total. The maximum absolute atomic E-state index is 10.8. The molecular weight excluding hydrogens is 308 g/mol. The van der Waals surface area contributed by atoms with Gasteiger partial charge in [-0.3, -0.25) is 14.6 Å². The Bertz CT molecular complexity index is 657. The van der Waals surface area contributed by atoms with Gasteiger partial charge >= 0.3 is 0 Å². The van der Waals surface area contributed by atoms with Crippen LogP contribution in [0.15, 0.2) is 42.7 Å². The Hall–Kier alpha value is -2.89. The number of nitrogens with two attached hydrogens (primary N) is 1. The molecule has 0 aliphatic carbocycles. The molecule has 0 bridgehead atoms. The van der Waals surface area contributed by atoms with Gasteiger partial charge in [-0.2, -0.15) is 0 Å². The summed E-state index contributed by atoms with van der Waals surface area (Å²) < 4.78 is 10.6. The molecule has 0 spiro atoms. The largest absolute Gasteiger partial charge is 0.497 e. The third-order valence-electron chi connectivity index (χ3n) is 2.87. The number of hydrogen-bond acceptors (Lipinski definition) is 5. The second-order valence-electron chi connectivity index (χ2n) is 5.33. The number of methoxy groups -OCH3 is 1. The predicted octanol–water partition coefficient (Wildman–Crippen LogP) is 2.72. The first kappa shape index (κ1) is 19.2. The van der Waals surface area contributed by atoms with Gasteiger partial charge in [-0.15, -0.1) is 0 Å². The fourth-order valence-corrected chi connectivity index (χ4v) is 1.63. The highest BCUT2D eigenvalue weighted by atomic mass is 16.5. The number of aromatic nitrogens is 1. The number of nitrogens with zero attached hydrogens (tertiary/aromatic N) is 1. The number of carbonyl (C=O) groups excluding carboxylic acids is 2. The zero-order valence-electron chi connectivity index (χ0n) is 14.1. The highest BCUT2D eigenvalue weighted by Gasteiger charge is 2.05. The highest BCUT2D eigenvalue weighted by molar-refractivity contribution is 5.92. The molecule has 0 unspecified atom stereocenters. The maximum atomic E-state index is 10.8. The molecule has 0 saturated heterocycles. The fourth-order valence-electron chi connectivity index (χ4n) is 1.63. The van der Waals surface area contributed by atoms with E-state index in [1.165, 1.54) is 6.20 Å². The van der Waals surface area contributed by atoms with Gasteiger partial charge in [0.2, 0.25) is 5.91 Å². The molecule has 1 aromatic heterocycles. The summed E-state index contributed by atoms with van der Waals surface area (Å²) in [5.74, 6) is 1.26. The van der Waals surface area contributed by atoms with Crippen molar-refractivity contribution in [1.29, 1.82) is 0 Å². The van der Waals surface area contributed by atoms with E-state index in [9.17, 15) is 9.59 Å². The Morgan fingerprint density at radius 1 is 1.33 bits per heavy atom. The molecule has 0 saturated carbocycles. The van der Waals surface area contributed by atoms with Crippen molar-refractivity contribution in [3.05, 3.63) is 53.9 Å². The number of aldehydes is 1. The van der Waals surface area contributed by atoms with E-state index in [0.717, 1.165) is 6.29 Å². The van der Waals surface area contributed by atoms with Gasteiger partial charge in [-0.05, 0) is 30.2 Å². The minimum atomic E-state index is -0.442. The Morgan fingerprint density at radius 3 is 2.54 bits per heavy atom. The quantitative estimate of drug-likeness (QED) is 0.822. The van der Waals surface area contributed by atoms with Gasteiger partial charge in [0.25, 0.3) is 0 Å². The van der Waals surface area contributed by atoms with E-state index < -0.39 is 5.91 Å². The number of amides is 1. The molecule has 0 aliphatic heterocycles.